The van der Waals surface area contributed by atoms with Crippen molar-refractivity contribution >= 4 is 11.9 Å². The van der Waals surface area contributed by atoms with Crippen molar-refractivity contribution in [3.8, 4) is 0 Å². The van der Waals surface area contributed by atoms with Crippen molar-refractivity contribution in [2.45, 2.75) is 58.2 Å². The standard InChI is InChI=1S/C15H21F3N2O4/c1-3-6-10(7-5-8-12(21)24-4-2)20-13(15(16,17)18)11(9-19-20)14(22)23/h9-10H,3-8H2,1-2H3,(H,22,23). The van der Waals surface area contributed by atoms with Crippen LogP contribution in [0.15, 0.2) is 6.20 Å². The highest BCUT2D eigenvalue weighted by Crippen LogP contribution is 2.35. The molecule has 1 rings (SSSR count). The molecule has 6 nitrogen and oxygen atoms in total. The topological polar surface area (TPSA) is 81.4 Å². The fraction of sp³-hybridized carbons (Fsp3) is 0.667. The zero-order valence-corrected chi connectivity index (χ0v) is 13.6. The SMILES string of the molecule is CCCC(CCCC(=O)OCC)n1ncc(C(=O)O)c1C(F)(F)F. The Hall–Kier alpha value is -2.06. The molecule has 0 saturated heterocycles. The number of rotatable bonds is 9. The average molecular weight is 350 g/mol. The van der Waals surface area contributed by atoms with E-state index in [4.69, 9.17) is 9.84 Å². The lowest BCUT2D eigenvalue weighted by molar-refractivity contribution is -0.146. The molecule has 0 fully saturated rings. The third-order valence-corrected chi connectivity index (χ3v) is 3.49. The number of carbonyl (C=O) groups is 2. The van der Waals surface area contributed by atoms with E-state index in [1.165, 1.54) is 0 Å². The fourth-order valence-corrected chi connectivity index (χ4v) is 2.52. The van der Waals surface area contributed by atoms with Crippen LogP contribution in [0.5, 0.6) is 0 Å². The lowest BCUT2D eigenvalue weighted by atomic mass is 10.0. The lowest BCUT2D eigenvalue weighted by Crippen LogP contribution is -2.22. The van der Waals surface area contributed by atoms with Crippen LogP contribution < -0.4 is 0 Å². The van der Waals surface area contributed by atoms with Gasteiger partial charge in [0, 0.05) is 6.42 Å². The summed E-state index contributed by atoms with van der Waals surface area (Å²) in [7, 11) is 0. The molecule has 0 saturated carbocycles. The highest BCUT2D eigenvalue weighted by molar-refractivity contribution is 5.88. The van der Waals surface area contributed by atoms with Gasteiger partial charge in [0.15, 0.2) is 5.69 Å². The van der Waals surface area contributed by atoms with Crippen LogP contribution in [-0.2, 0) is 15.7 Å². The number of aromatic nitrogens is 2. The van der Waals surface area contributed by atoms with Gasteiger partial charge in [-0.25, -0.2) is 4.79 Å². The predicted molar refractivity (Wildman–Crippen MR) is 78.6 cm³/mol. The van der Waals surface area contributed by atoms with Crippen LogP contribution in [0.2, 0.25) is 0 Å². The Bertz CT molecular complexity index is 570. The van der Waals surface area contributed by atoms with Crippen LogP contribution >= 0.6 is 0 Å². The van der Waals surface area contributed by atoms with E-state index in [9.17, 15) is 22.8 Å². The zero-order valence-electron chi connectivity index (χ0n) is 13.6. The first kappa shape index (κ1) is 20.0. The third kappa shape index (κ3) is 5.24. The predicted octanol–water partition coefficient (Wildman–Crippen LogP) is 3.67. The van der Waals surface area contributed by atoms with Gasteiger partial charge in [0.2, 0.25) is 0 Å². The summed E-state index contributed by atoms with van der Waals surface area (Å²) >= 11 is 0. The maximum atomic E-state index is 13.3. The Morgan fingerprint density at radius 3 is 2.50 bits per heavy atom. The third-order valence-electron chi connectivity index (χ3n) is 3.49. The fourth-order valence-electron chi connectivity index (χ4n) is 2.52. The number of carbonyl (C=O) groups excluding carboxylic acids is 1. The van der Waals surface area contributed by atoms with Gasteiger partial charge in [0.25, 0.3) is 0 Å². The summed E-state index contributed by atoms with van der Waals surface area (Å²) in [5.41, 5.74) is -2.13. The van der Waals surface area contributed by atoms with Crippen LogP contribution in [-0.4, -0.2) is 33.4 Å². The number of esters is 1. The molecular weight excluding hydrogens is 329 g/mol. The summed E-state index contributed by atoms with van der Waals surface area (Å²) < 4.78 is 45.3. The summed E-state index contributed by atoms with van der Waals surface area (Å²) in [6.45, 7) is 3.73. The molecule has 0 amide bonds. The van der Waals surface area contributed by atoms with Gasteiger partial charge in [-0.05, 0) is 26.2 Å². The normalized spacial score (nSPS) is 12.9. The largest absolute Gasteiger partial charge is 0.478 e. The van der Waals surface area contributed by atoms with E-state index >= 15 is 0 Å². The van der Waals surface area contributed by atoms with Gasteiger partial charge in [0.05, 0.1) is 18.8 Å². The number of hydrogen-bond donors (Lipinski definition) is 1. The molecule has 1 heterocycles. The number of carboxylic acid groups (broad SMARTS) is 1. The van der Waals surface area contributed by atoms with E-state index in [1.807, 2.05) is 6.92 Å². The number of alkyl halides is 3. The Labute approximate surface area is 137 Å². The van der Waals surface area contributed by atoms with Crippen molar-refractivity contribution < 1.29 is 32.6 Å². The molecule has 1 atom stereocenters. The van der Waals surface area contributed by atoms with Crippen molar-refractivity contribution in [1.29, 1.82) is 0 Å². The zero-order chi connectivity index (χ0) is 18.3. The summed E-state index contributed by atoms with van der Waals surface area (Å²) in [5, 5.41) is 12.6. The van der Waals surface area contributed by atoms with Gasteiger partial charge in [-0.3, -0.25) is 9.48 Å². The van der Waals surface area contributed by atoms with Gasteiger partial charge in [-0.1, -0.05) is 13.3 Å². The molecule has 0 spiro atoms. The number of hydrogen-bond acceptors (Lipinski definition) is 4. The lowest BCUT2D eigenvalue weighted by Gasteiger charge is -2.21. The summed E-state index contributed by atoms with van der Waals surface area (Å²) in [6, 6.07) is -0.630. The molecule has 0 aromatic carbocycles. The Morgan fingerprint density at radius 2 is 2.00 bits per heavy atom. The Morgan fingerprint density at radius 1 is 1.33 bits per heavy atom. The summed E-state index contributed by atoms with van der Waals surface area (Å²) in [5.74, 6) is -2.08. The van der Waals surface area contributed by atoms with Gasteiger partial charge in [0.1, 0.15) is 5.56 Å². The average Bonchev–Trinajstić information content (AvgIpc) is 2.91. The summed E-state index contributed by atoms with van der Waals surface area (Å²) in [6.07, 6.45) is -2.39. The minimum absolute atomic E-state index is 0.0997. The van der Waals surface area contributed by atoms with Crippen molar-refractivity contribution in [2.24, 2.45) is 0 Å². The molecule has 9 heteroatoms. The molecule has 24 heavy (non-hydrogen) atoms. The van der Waals surface area contributed by atoms with Gasteiger partial charge in [-0.15, -0.1) is 0 Å². The Kier molecular flexibility index (Phi) is 7.24. The van der Waals surface area contributed by atoms with Crippen LogP contribution in [0.4, 0.5) is 13.2 Å². The number of ether oxygens (including phenoxy) is 1. The molecule has 0 aliphatic heterocycles. The van der Waals surface area contributed by atoms with Crippen molar-refractivity contribution in [3.63, 3.8) is 0 Å². The monoisotopic (exact) mass is 350 g/mol. The maximum absolute atomic E-state index is 13.3. The van der Waals surface area contributed by atoms with E-state index in [0.29, 0.717) is 19.3 Å². The molecule has 0 aliphatic rings. The van der Waals surface area contributed by atoms with Gasteiger partial charge >= 0.3 is 18.1 Å². The highest BCUT2D eigenvalue weighted by Gasteiger charge is 2.41. The van der Waals surface area contributed by atoms with E-state index < -0.39 is 35.4 Å². The first-order chi connectivity index (χ1) is 11.2. The molecule has 1 aromatic rings. The second-order valence-corrected chi connectivity index (χ2v) is 5.29. The molecule has 1 aromatic heterocycles. The van der Waals surface area contributed by atoms with Crippen molar-refractivity contribution in [2.75, 3.05) is 6.61 Å². The number of aromatic carboxylic acids is 1. The second kappa shape index (κ2) is 8.70. The van der Waals surface area contributed by atoms with E-state index in [1.54, 1.807) is 6.92 Å². The minimum Gasteiger partial charge on any atom is -0.478 e. The van der Waals surface area contributed by atoms with E-state index in [2.05, 4.69) is 5.10 Å². The van der Waals surface area contributed by atoms with Crippen molar-refractivity contribution in [3.05, 3.63) is 17.5 Å². The van der Waals surface area contributed by atoms with Crippen LogP contribution in [0, 0.1) is 0 Å². The van der Waals surface area contributed by atoms with E-state index in [0.717, 1.165) is 10.9 Å². The molecule has 1 unspecified atom stereocenters. The van der Waals surface area contributed by atoms with Gasteiger partial charge in [-0.2, -0.15) is 18.3 Å². The van der Waals surface area contributed by atoms with E-state index in [-0.39, 0.29) is 19.4 Å². The molecule has 0 aliphatic carbocycles. The number of carboxylic acids is 1. The van der Waals surface area contributed by atoms with Crippen LogP contribution in [0.3, 0.4) is 0 Å². The minimum atomic E-state index is -4.82. The molecule has 1 N–H and O–H groups in total. The van der Waals surface area contributed by atoms with Gasteiger partial charge < -0.3 is 9.84 Å². The quantitative estimate of drug-likeness (QED) is 0.687. The molecule has 0 radical (unpaired) electrons. The first-order valence-corrected chi connectivity index (χ1v) is 7.75. The molecule has 136 valence electrons. The first-order valence-electron chi connectivity index (χ1n) is 7.75. The van der Waals surface area contributed by atoms with Crippen LogP contribution in [0.25, 0.3) is 0 Å². The second-order valence-electron chi connectivity index (χ2n) is 5.29. The Balaban J connectivity index is 3.00. The number of nitrogens with zero attached hydrogens (tertiary/aromatic N) is 2. The molecular formula is C15H21F3N2O4. The van der Waals surface area contributed by atoms with Crippen LogP contribution in [0.1, 0.15) is 68.0 Å². The number of halogens is 3. The van der Waals surface area contributed by atoms with Crippen molar-refractivity contribution in [1.82, 2.24) is 9.78 Å². The maximum Gasteiger partial charge on any atom is 0.433 e. The molecule has 0 bridgehead atoms. The smallest absolute Gasteiger partial charge is 0.433 e. The highest BCUT2D eigenvalue weighted by atomic mass is 19.4. The summed E-state index contributed by atoms with van der Waals surface area (Å²) in [4.78, 5) is 22.4.